The second kappa shape index (κ2) is 12.8. The highest BCUT2D eigenvalue weighted by Gasteiger charge is 2.39. The third-order valence-corrected chi connectivity index (χ3v) is 5.41. The van der Waals surface area contributed by atoms with Crippen molar-refractivity contribution in [1.29, 1.82) is 0 Å². The van der Waals surface area contributed by atoms with Gasteiger partial charge in [0.2, 0.25) is 11.8 Å². The van der Waals surface area contributed by atoms with Crippen LogP contribution in [0.15, 0.2) is 24.3 Å². The molecule has 1 aromatic carbocycles. The molecule has 1 saturated carbocycles. The van der Waals surface area contributed by atoms with E-state index in [1.54, 1.807) is 52.0 Å². The number of hydrogen-bond acceptors (Lipinski definition) is 6. The van der Waals surface area contributed by atoms with E-state index in [9.17, 15) is 19.2 Å². The molecule has 1 aromatic rings. The van der Waals surface area contributed by atoms with Crippen LogP contribution in [-0.4, -0.2) is 60.1 Å². The third kappa shape index (κ3) is 8.32. The van der Waals surface area contributed by atoms with Crippen LogP contribution in [0.5, 0.6) is 0 Å². The van der Waals surface area contributed by atoms with Gasteiger partial charge in [-0.3, -0.25) is 14.4 Å². The minimum Gasteiger partial charge on any atom is -0.466 e. The van der Waals surface area contributed by atoms with Crippen molar-refractivity contribution in [1.82, 2.24) is 15.5 Å². The quantitative estimate of drug-likeness (QED) is 0.389. The highest BCUT2D eigenvalue weighted by molar-refractivity contribution is 5.91. The predicted octanol–water partition coefficient (Wildman–Crippen LogP) is 2.68. The third-order valence-electron chi connectivity index (χ3n) is 5.41. The normalized spacial score (nSPS) is 14.0. The molecule has 0 saturated heterocycles. The Morgan fingerprint density at radius 3 is 2.43 bits per heavy atom. The van der Waals surface area contributed by atoms with Crippen LogP contribution in [-0.2, 0) is 23.9 Å². The lowest BCUT2D eigenvalue weighted by Crippen LogP contribution is -2.54. The number of terminal acetylenes is 1. The van der Waals surface area contributed by atoms with Crippen molar-refractivity contribution in [2.45, 2.75) is 71.1 Å². The molecule has 1 aliphatic rings. The van der Waals surface area contributed by atoms with Gasteiger partial charge in [0, 0.05) is 18.2 Å². The van der Waals surface area contributed by atoms with E-state index in [1.165, 1.54) is 4.90 Å². The number of rotatable bonds is 10. The van der Waals surface area contributed by atoms with E-state index in [0.29, 0.717) is 11.1 Å². The number of benzene rings is 1. The zero-order valence-corrected chi connectivity index (χ0v) is 20.9. The van der Waals surface area contributed by atoms with Crippen LogP contribution >= 0.6 is 0 Å². The summed E-state index contributed by atoms with van der Waals surface area (Å²) in [6, 6.07) is 5.71. The summed E-state index contributed by atoms with van der Waals surface area (Å²) in [7, 11) is 0. The predicted molar refractivity (Wildman–Crippen MR) is 130 cm³/mol. The molecule has 0 radical (unpaired) electrons. The van der Waals surface area contributed by atoms with Crippen LogP contribution in [0.3, 0.4) is 0 Å². The number of carbonyl (C=O) groups excluding carboxylic acids is 4. The lowest BCUT2D eigenvalue weighted by atomic mass is 9.87. The van der Waals surface area contributed by atoms with Crippen molar-refractivity contribution < 1.29 is 28.7 Å². The lowest BCUT2D eigenvalue weighted by molar-refractivity contribution is -0.146. The zero-order valence-electron chi connectivity index (χ0n) is 20.9. The summed E-state index contributed by atoms with van der Waals surface area (Å²) < 4.78 is 10.1. The molecule has 1 fully saturated rings. The fourth-order valence-electron chi connectivity index (χ4n) is 3.68. The fraction of sp³-hybridized carbons (Fsp3) is 0.538. The Bertz CT molecular complexity index is 959. The van der Waals surface area contributed by atoms with Crippen LogP contribution in [0.25, 0.3) is 0 Å². The number of nitrogens with one attached hydrogen (secondary N) is 2. The fourth-order valence-corrected chi connectivity index (χ4v) is 3.68. The SMILES string of the molecule is C#Cc1ccccc1C(C(=O)NCCC(=O)OCC)N(C(=O)CNC(=O)OC(C)(C)C)C1CCC1. The monoisotopic (exact) mass is 485 g/mol. The molecule has 0 heterocycles. The van der Waals surface area contributed by atoms with Crippen LogP contribution in [0, 0.1) is 12.3 Å². The maximum atomic E-state index is 13.4. The molecule has 0 bridgehead atoms. The Morgan fingerprint density at radius 1 is 1.17 bits per heavy atom. The first kappa shape index (κ1) is 27.7. The van der Waals surface area contributed by atoms with E-state index < -0.39 is 35.5 Å². The molecule has 2 rings (SSSR count). The molecule has 3 amide bonds. The first-order valence-corrected chi connectivity index (χ1v) is 11.8. The van der Waals surface area contributed by atoms with E-state index in [0.717, 1.165) is 19.3 Å². The van der Waals surface area contributed by atoms with Crippen molar-refractivity contribution in [2.75, 3.05) is 19.7 Å². The van der Waals surface area contributed by atoms with Crippen molar-refractivity contribution in [2.24, 2.45) is 0 Å². The van der Waals surface area contributed by atoms with Gasteiger partial charge in [0.25, 0.3) is 0 Å². The molecule has 0 spiro atoms. The second-order valence-electron chi connectivity index (χ2n) is 9.22. The summed E-state index contributed by atoms with van der Waals surface area (Å²) in [4.78, 5) is 52.1. The number of hydrogen-bond donors (Lipinski definition) is 2. The number of carbonyl (C=O) groups is 4. The molecule has 1 aliphatic carbocycles. The summed E-state index contributed by atoms with van der Waals surface area (Å²) in [6.45, 7) is 6.84. The molecule has 1 unspecified atom stereocenters. The molecule has 0 aliphatic heterocycles. The topological polar surface area (TPSA) is 114 Å². The summed E-state index contributed by atoms with van der Waals surface area (Å²) in [5.41, 5.74) is 0.268. The Morgan fingerprint density at radius 2 is 1.86 bits per heavy atom. The molecule has 9 nitrogen and oxygen atoms in total. The average molecular weight is 486 g/mol. The number of esters is 1. The Hall–Kier alpha value is -3.54. The Labute approximate surface area is 206 Å². The average Bonchev–Trinajstić information content (AvgIpc) is 2.75. The summed E-state index contributed by atoms with van der Waals surface area (Å²) in [6.07, 6.45) is 7.34. The first-order valence-electron chi connectivity index (χ1n) is 11.8. The maximum absolute atomic E-state index is 13.4. The van der Waals surface area contributed by atoms with Crippen LogP contribution < -0.4 is 10.6 Å². The van der Waals surface area contributed by atoms with Gasteiger partial charge < -0.3 is 25.0 Å². The summed E-state index contributed by atoms with van der Waals surface area (Å²) >= 11 is 0. The van der Waals surface area contributed by atoms with Gasteiger partial charge in [-0.1, -0.05) is 24.1 Å². The standard InChI is InChI=1S/C26H35N3O6/c1-6-18-11-8-9-14-20(18)23(24(32)27-16-15-22(31)34-7-2)29(19-12-10-13-19)21(30)17-28-25(33)35-26(3,4)5/h1,8-9,11,14,19,23H,7,10,12-13,15-17H2,2-5H3,(H,27,32)(H,28,33). The van der Waals surface area contributed by atoms with Crippen molar-refractivity contribution in [3.8, 4) is 12.3 Å². The second-order valence-corrected chi connectivity index (χ2v) is 9.22. The van der Waals surface area contributed by atoms with Crippen molar-refractivity contribution in [3.63, 3.8) is 0 Å². The van der Waals surface area contributed by atoms with Crippen molar-refractivity contribution in [3.05, 3.63) is 35.4 Å². The first-order chi connectivity index (χ1) is 16.6. The molecule has 35 heavy (non-hydrogen) atoms. The van der Waals surface area contributed by atoms with Gasteiger partial charge in [-0.25, -0.2) is 4.79 Å². The van der Waals surface area contributed by atoms with Gasteiger partial charge in [0.15, 0.2) is 0 Å². The molecule has 0 aromatic heterocycles. The number of ether oxygens (including phenoxy) is 2. The minimum atomic E-state index is -1.03. The van der Waals surface area contributed by atoms with E-state index in [4.69, 9.17) is 15.9 Å². The van der Waals surface area contributed by atoms with Gasteiger partial charge in [0.1, 0.15) is 18.2 Å². The number of amides is 3. The summed E-state index contributed by atoms with van der Waals surface area (Å²) in [5, 5.41) is 5.22. The van der Waals surface area contributed by atoms with E-state index in [2.05, 4.69) is 16.6 Å². The largest absolute Gasteiger partial charge is 0.466 e. The molecule has 1 atom stereocenters. The van der Waals surface area contributed by atoms with Crippen LogP contribution in [0.2, 0.25) is 0 Å². The Kier molecular flexibility index (Phi) is 10.1. The van der Waals surface area contributed by atoms with Gasteiger partial charge in [-0.05, 0) is 58.6 Å². The molecule has 2 N–H and O–H groups in total. The molecule has 190 valence electrons. The Balaban J connectivity index is 2.29. The molecular formula is C26H35N3O6. The van der Waals surface area contributed by atoms with Crippen molar-refractivity contribution >= 4 is 23.9 Å². The van der Waals surface area contributed by atoms with Gasteiger partial charge >= 0.3 is 12.1 Å². The maximum Gasteiger partial charge on any atom is 0.408 e. The molecule has 9 heteroatoms. The molecular weight excluding hydrogens is 450 g/mol. The van der Waals surface area contributed by atoms with Crippen LogP contribution in [0.4, 0.5) is 4.79 Å². The van der Waals surface area contributed by atoms with Gasteiger partial charge in [-0.2, -0.15) is 0 Å². The summed E-state index contributed by atoms with van der Waals surface area (Å²) in [5.74, 6) is 1.26. The van der Waals surface area contributed by atoms with E-state index in [1.807, 2.05) is 0 Å². The zero-order chi connectivity index (χ0) is 26.0. The van der Waals surface area contributed by atoms with E-state index >= 15 is 0 Å². The lowest BCUT2D eigenvalue weighted by Gasteiger charge is -2.42. The smallest absolute Gasteiger partial charge is 0.408 e. The number of alkyl carbamates (subject to hydrolysis) is 1. The van der Waals surface area contributed by atoms with Crippen LogP contribution in [0.1, 0.15) is 70.5 Å². The number of nitrogens with zero attached hydrogens (tertiary/aromatic N) is 1. The highest BCUT2D eigenvalue weighted by atomic mass is 16.6. The van der Waals surface area contributed by atoms with Gasteiger partial charge in [-0.15, -0.1) is 6.42 Å². The van der Waals surface area contributed by atoms with E-state index in [-0.39, 0.29) is 32.2 Å². The minimum absolute atomic E-state index is 0.000655. The highest BCUT2D eigenvalue weighted by Crippen LogP contribution is 2.34. The van der Waals surface area contributed by atoms with Gasteiger partial charge in [0.05, 0.1) is 13.0 Å².